The summed E-state index contributed by atoms with van der Waals surface area (Å²) in [6.45, 7) is 13.9. The predicted molar refractivity (Wildman–Crippen MR) is 164 cm³/mol. The number of carbonyl (C=O) groups is 2. The molecule has 0 bridgehead atoms. The predicted octanol–water partition coefficient (Wildman–Crippen LogP) is 6.03. The van der Waals surface area contributed by atoms with E-state index in [1.165, 1.54) is 0 Å². The molecule has 1 unspecified atom stereocenters. The van der Waals surface area contributed by atoms with Crippen LogP contribution in [-0.2, 0) is 11.3 Å². The van der Waals surface area contributed by atoms with Crippen LogP contribution in [0.15, 0.2) is 54.6 Å². The fourth-order valence-corrected chi connectivity index (χ4v) is 5.70. The highest BCUT2D eigenvalue weighted by Gasteiger charge is 2.28. The van der Waals surface area contributed by atoms with Gasteiger partial charge in [0.2, 0.25) is 5.91 Å². The molecule has 2 aromatic carbocycles. The van der Waals surface area contributed by atoms with Crippen molar-refractivity contribution < 1.29 is 14.3 Å². The van der Waals surface area contributed by atoms with E-state index in [2.05, 4.69) is 55.0 Å². The molecule has 5 rings (SSSR count). The second-order valence-electron chi connectivity index (χ2n) is 12.4. The second-order valence-corrected chi connectivity index (χ2v) is 12.4. The maximum absolute atomic E-state index is 13.3. The third-order valence-corrected chi connectivity index (χ3v) is 8.35. The van der Waals surface area contributed by atoms with Gasteiger partial charge in [-0.25, -0.2) is 0 Å². The summed E-state index contributed by atoms with van der Waals surface area (Å²) in [5.41, 5.74) is 4.13. The van der Waals surface area contributed by atoms with E-state index in [0.717, 1.165) is 55.0 Å². The number of aromatic nitrogens is 2. The number of piperidine rings is 1. The molecule has 8 nitrogen and oxygen atoms in total. The Kier molecular flexibility index (Phi) is 9.21. The largest absolute Gasteiger partial charge is 0.457 e. The first-order valence-corrected chi connectivity index (χ1v) is 15.2. The topological polar surface area (TPSA) is 87.7 Å². The summed E-state index contributed by atoms with van der Waals surface area (Å²) < 4.78 is 6.38. The number of nitrogens with one attached hydrogen (secondary N) is 1. The quantitative estimate of drug-likeness (QED) is 0.339. The maximum atomic E-state index is 13.3. The number of rotatable bonds is 9. The molecule has 0 saturated carbocycles. The molecule has 2 aliphatic rings. The summed E-state index contributed by atoms with van der Waals surface area (Å²) in [5, 5.41) is 12.0. The molecule has 1 N–H and O–H groups in total. The number of hydrogen-bond acceptors (Lipinski definition) is 6. The first-order chi connectivity index (χ1) is 20.2. The SMILES string of the molecule is CC1CC(=O)N(Cc2ccc(C(=O)NC3CCN(C(C)C)CC3)cc2Oc2ccc(-c3ccc(C(C)C)nn3)cc2)C1. The molecule has 1 aromatic heterocycles. The van der Waals surface area contributed by atoms with Crippen LogP contribution >= 0.6 is 0 Å². The van der Waals surface area contributed by atoms with Crippen molar-refractivity contribution in [1.82, 2.24) is 25.3 Å². The van der Waals surface area contributed by atoms with Crippen LogP contribution in [0.2, 0.25) is 0 Å². The minimum atomic E-state index is -0.0981. The van der Waals surface area contributed by atoms with Crippen LogP contribution in [-0.4, -0.2) is 63.5 Å². The van der Waals surface area contributed by atoms with Crippen molar-refractivity contribution in [2.24, 2.45) is 5.92 Å². The van der Waals surface area contributed by atoms with Crippen molar-refractivity contribution in [2.45, 2.75) is 78.4 Å². The normalized spacial score (nSPS) is 18.2. The summed E-state index contributed by atoms with van der Waals surface area (Å²) in [5.74, 6) is 1.94. The highest BCUT2D eigenvalue weighted by atomic mass is 16.5. The third-order valence-electron chi connectivity index (χ3n) is 8.35. The van der Waals surface area contributed by atoms with Gasteiger partial charge >= 0.3 is 0 Å². The lowest BCUT2D eigenvalue weighted by Crippen LogP contribution is -2.46. The van der Waals surface area contributed by atoms with E-state index in [-0.39, 0.29) is 17.9 Å². The van der Waals surface area contributed by atoms with E-state index in [1.807, 2.05) is 59.5 Å². The highest BCUT2D eigenvalue weighted by Crippen LogP contribution is 2.31. The monoisotopic (exact) mass is 569 g/mol. The number of ether oxygens (including phenoxy) is 1. The molecule has 1 atom stereocenters. The molecule has 3 aromatic rings. The van der Waals surface area contributed by atoms with E-state index in [1.54, 1.807) is 0 Å². The molecule has 0 radical (unpaired) electrons. The van der Waals surface area contributed by atoms with E-state index in [0.29, 0.717) is 47.9 Å². The molecule has 0 aliphatic carbocycles. The van der Waals surface area contributed by atoms with Crippen LogP contribution < -0.4 is 10.1 Å². The van der Waals surface area contributed by atoms with Gasteiger partial charge in [-0.2, -0.15) is 10.2 Å². The van der Waals surface area contributed by atoms with Gasteiger partial charge in [-0.15, -0.1) is 0 Å². The number of likely N-dealkylation sites (tertiary alicyclic amines) is 2. The number of nitrogens with zero attached hydrogens (tertiary/aromatic N) is 4. The summed E-state index contributed by atoms with van der Waals surface area (Å²) in [6, 6.07) is 18.0. The van der Waals surface area contributed by atoms with E-state index in [9.17, 15) is 9.59 Å². The van der Waals surface area contributed by atoms with E-state index < -0.39 is 0 Å². The Morgan fingerprint density at radius 3 is 2.33 bits per heavy atom. The zero-order valence-corrected chi connectivity index (χ0v) is 25.5. The van der Waals surface area contributed by atoms with Crippen molar-refractivity contribution in [1.29, 1.82) is 0 Å². The van der Waals surface area contributed by atoms with Crippen molar-refractivity contribution in [3.05, 3.63) is 71.4 Å². The first kappa shape index (κ1) is 29.7. The van der Waals surface area contributed by atoms with Gasteiger partial charge in [0, 0.05) is 61.4 Å². The van der Waals surface area contributed by atoms with Gasteiger partial charge in [-0.1, -0.05) is 26.8 Å². The highest BCUT2D eigenvalue weighted by molar-refractivity contribution is 5.95. The van der Waals surface area contributed by atoms with Gasteiger partial charge in [0.05, 0.1) is 11.4 Å². The molecule has 2 saturated heterocycles. The molecule has 2 fully saturated rings. The van der Waals surface area contributed by atoms with Gasteiger partial charge in [-0.05, 0) is 87.1 Å². The van der Waals surface area contributed by atoms with Crippen molar-refractivity contribution in [2.75, 3.05) is 19.6 Å². The zero-order valence-electron chi connectivity index (χ0n) is 25.5. The minimum Gasteiger partial charge on any atom is -0.457 e. The number of benzene rings is 2. The second kappa shape index (κ2) is 13.0. The van der Waals surface area contributed by atoms with Crippen LogP contribution in [0.4, 0.5) is 0 Å². The van der Waals surface area contributed by atoms with Crippen LogP contribution in [0.5, 0.6) is 11.5 Å². The first-order valence-electron chi connectivity index (χ1n) is 15.2. The molecule has 2 aliphatic heterocycles. The lowest BCUT2D eigenvalue weighted by Gasteiger charge is -2.34. The number of amides is 2. The van der Waals surface area contributed by atoms with E-state index in [4.69, 9.17) is 4.74 Å². The van der Waals surface area contributed by atoms with Crippen LogP contribution in [0.1, 0.15) is 81.4 Å². The van der Waals surface area contributed by atoms with Gasteiger partial charge in [0.25, 0.3) is 5.91 Å². The van der Waals surface area contributed by atoms with Gasteiger partial charge < -0.3 is 19.9 Å². The molecule has 222 valence electrons. The molecule has 8 heteroatoms. The van der Waals surface area contributed by atoms with Gasteiger partial charge in [0.15, 0.2) is 0 Å². The Bertz CT molecular complexity index is 1380. The van der Waals surface area contributed by atoms with Gasteiger partial charge in [-0.3, -0.25) is 9.59 Å². The Morgan fingerprint density at radius 2 is 1.74 bits per heavy atom. The molecule has 2 amide bonds. The molecule has 3 heterocycles. The smallest absolute Gasteiger partial charge is 0.251 e. The molecule has 0 spiro atoms. The van der Waals surface area contributed by atoms with Crippen molar-refractivity contribution >= 4 is 11.8 Å². The maximum Gasteiger partial charge on any atom is 0.251 e. The average Bonchev–Trinajstić information content (AvgIpc) is 3.30. The van der Waals surface area contributed by atoms with Gasteiger partial charge in [0.1, 0.15) is 11.5 Å². The summed E-state index contributed by atoms with van der Waals surface area (Å²) in [6.07, 6.45) is 2.45. The molecular weight excluding hydrogens is 526 g/mol. The van der Waals surface area contributed by atoms with Crippen LogP contribution in [0.25, 0.3) is 11.3 Å². The lowest BCUT2D eigenvalue weighted by molar-refractivity contribution is -0.128. The fourth-order valence-electron chi connectivity index (χ4n) is 5.70. The summed E-state index contributed by atoms with van der Waals surface area (Å²) in [7, 11) is 0. The summed E-state index contributed by atoms with van der Waals surface area (Å²) in [4.78, 5) is 30.2. The fraction of sp³-hybridized carbons (Fsp3) is 0.471. The Morgan fingerprint density at radius 1 is 1.00 bits per heavy atom. The Hall–Kier alpha value is -3.78. The lowest BCUT2D eigenvalue weighted by atomic mass is 10.0. The molecule has 42 heavy (non-hydrogen) atoms. The minimum absolute atomic E-state index is 0.0981. The van der Waals surface area contributed by atoms with Crippen LogP contribution in [0.3, 0.4) is 0 Å². The zero-order chi connectivity index (χ0) is 29.8. The standard InChI is InChI=1S/C34H43N5O3/c1-22(2)30-12-13-31(37-36-30)25-8-10-29(11-9-25)42-32-19-26(6-7-27(32)21-39-20-24(5)18-33(39)40)34(41)35-28-14-16-38(17-15-28)23(3)4/h6-13,19,22-24,28H,14-18,20-21H2,1-5H3,(H,35,41). The number of carbonyl (C=O) groups excluding carboxylic acids is 2. The van der Waals surface area contributed by atoms with Crippen molar-refractivity contribution in [3.63, 3.8) is 0 Å². The Labute approximate surface area is 249 Å². The Balaban J connectivity index is 1.33. The third kappa shape index (κ3) is 7.16. The summed E-state index contributed by atoms with van der Waals surface area (Å²) >= 11 is 0. The average molecular weight is 570 g/mol. The van der Waals surface area contributed by atoms with E-state index >= 15 is 0 Å². The van der Waals surface area contributed by atoms with Crippen molar-refractivity contribution in [3.8, 4) is 22.8 Å². The van der Waals surface area contributed by atoms with Crippen LogP contribution in [0, 0.1) is 5.92 Å². The molecular formula is C34H43N5O3. The number of hydrogen-bond donors (Lipinski definition) is 1.